The number of nitrogens with zero attached hydrogens (tertiary/aromatic N) is 2. The molecule has 72 heavy (non-hydrogen) atoms. The number of hydrogen-bond donors (Lipinski definition) is 10. The normalized spacial score (nSPS) is 20.0. The molecular formula is C52H70N10O10. The molecule has 0 aliphatic carbocycles. The van der Waals surface area contributed by atoms with Crippen molar-refractivity contribution in [1.82, 2.24) is 52.3 Å². The minimum absolute atomic E-state index is 0.00621. The lowest BCUT2D eigenvalue weighted by molar-refractivity contribution is -0.143. The molecule has 2 heterocycles. The van der Waals surface area contributed by atoms with E-state index >= 15 is 0 Å². The summed E-state index contributed by atoms with van der Waals surface area (Å²) in [7, 11) is 2.98. The summed E-state index contributed by atoms with van der Waals surface area (Å²) < 4.78 is 0. The number of rotatable bonds is 22. The molecule has 388 valence electrons. The predicted octanol–water partition coefficient (Wildman–Crippen LogP) is 0.202. The Bertz CT molecular complexity index is 2410. The molecule has 0 bridgehead atoms. The zero-order chi connectivity index (χ0) is 52.8. The van der Waals surface area contributed by atoms with E-state index in [-0.39, 0.29) is 42.6 Å². The minimum atomic E-state index is -1.26. The average Bonchev–Trinajstić information content (AvgIpc) is 4.00. The topological polar surface area (TPSA) is 280 Å². The Morgan fingerprint density at radius 1 is 0.597 bits per heavy atom. The summed E-state index contributed by atoms with van der Waals surface area (Å²) in [4.78, 5) is 113. The number of aliphatic hydroxyl groups is 2. The second-order valence-corrected chi connectivity index (χ2v) is 18.8. The summed E-state index contributed by atoms with van der Waals surface area (Å²) in [5, 5.41) is 42.0. The lowest BCUT2D eigenvalue weighted by atomic mass is 10.0. The van der Waals surface area contributed by atoms with Crippen LogP contribution < -0.4 is 42.5 Å². The quantitative estimate of drug-likeness (QED) is 0.0605. The molecular weight excluding hydrogens is 925 g/mol. The highest BCUT2D eigenvalue weighted by Gasteiger charge is 2.45. The van der Waals surface area contributed by atoms with Crippen LogP contribution in [0.5, 0.6) is 0 Å². The van der Waals surface area contributed by atoms with Crippen molar-refractivity contribution in [3.05, 3.63) is 119 Å². The SMILES string of the molecule is C=C(C)C(NC(=O)C(CO)NC)C(=O)N1CC(NC(=O)c2cccc(C(=O)NC3CC(C(=O)NC(C)c4ccccc4)N(C(=O)C(NC(=O)C(CO)NC)C(C)C)C3)c2)CC1C(=O)NC(C)c1ccccc1. The molecule has 10 unspecified atom stereocenters. The standard InChI is InChI=1S/C52H70N10O10/c1-29(2)43(59-47(67)39(27-63)53-7)51(71)61-25-37(23-41(61)49(69)55-31(5)33-16-11-9-12-17-33)57-45(65)35-20-15-21-36(22-35)46(66)58-38-24-42(50(70)56-32(6)34-18-13-10-14-19-34)62(26-38)52(72)44(30(3)4)60-48(68)40(28-64)54-8/h9-22,30-32,37-44,53-54,63-64H,1,23-28H2,2-8H3,(H,55,69)(H,56,70)(H,57,65)(H,58,66)(H,59,67)(H,60,68). The van der Waals surface area contributed by atoms with Gasteiger partial charge in [-0.25, -0.2) is 0 Å². The van der Waals surface area contributed by atoms with E-state index in [4.69, 9.17) is 0 Å². The summed E-state index contributed by atoms with van der Waals surface area (Å²) in [5.74, 6) is -5.01. The maximum absolute atomic E-state index is 14.3. The van der Waals surface area contributed by atoms with E-state index in [1.807, 2.05) is 67.6 Å². The van der Waals surface area contributed by atoms with Gasteiger partial charge >= 0.3 is 0 Å². The monoisotopic (exact) mass is 995 g/mol. The second kappa shape index (κ2) is 25.9. The zero-order valence-corrected chi connectivity index (χ0v) is 41.9. The van der Waals surface area contributed by atoms with E-state index in [1.54, 1.807) is 27.7 Å². The fourth-order valence-electron chi connectivity index (χ4n) is 8.83. The Labute approximate surface area is 420 Å². The van der Waals surface area contributed by atoms with Crippen molar-refractivity contribution in [2.45, 2.75) is 108 Å². The summed E-state index contributed by atoms with van der Waals surface area (Å²) in [6.07, 6.45) is 0.0367. The minimum Gasteiger partial charge on any atom is -0.394 e. The Hall–Kier alpha value is -7.00. The number of amides is 8. The molecule has 0 saturated carbocycles. The summed E-state index contributed by atoms with van der Waals surface area (Å²) >= 11 is 0. The highest BCUT2D eigenvalue weighted by Crippen LogP contribution is 2.26. The molecule has 3 aromatic carbocycles. The number of benzene rings is 3. The van der Waals surface area contributed by atoms with Crippen LogP contribution >= 0.6 is 0 Å². The predicted molar refractivity (Wildman–Crippen MR) is 269 cm³/mol. The van der Waals surface area contributed by atoms with Gasteiger partial charge in [0.2, 0.25) is 35.4 Å². The van der Waals surface area contributed by atoms with Gasteiger partial charge in [0.25, 0.3) is 11.8 Å². The molecule has 2 saturated heterocycles. The Morgan fingerprint density at radius 2 is 1.01 bits per heavy atom. The van der Waals surface area contributed by atoms with Crippen LogP contribution in [-0.2, 0) is 28.8 Å². The maximum Gasteiger partial charge on any atom is 0.251 e. The number of likely N-dealkylation sites (N-methyl/N-ethyl adjacent to an activating group) is 2. The number of hydrogen-bond acceptors (Lipinski definition) is 12. The zero-order valence-electron chi connectivity index (χ0n) is 41.9. The van der Waals surface area contributed by atoms with Crippen molar-refractivity contribution in [3.8, 4) is 0 Å². The first-order valence-electron chi connectivity index (χ1n) is 24.2. The van der Waals surface area contributed by atoms with Gasteiger partial charge in [0, 0.05) is 36.3 Å². The number of carbonyl (C=O) groups is 8. The van der Waals surface area contributed by atoms with Gasteiger partial charge in [-0.1, -0.05) is 87.2 Å². The van der Waals surface area contributed by atoms with Gasteiger partial charge in [-0.2, -0.15) is 0 Å². The third-order valence-corrected chi connectivity index (χ3v) is 13.1. The van der Waals surface area contributed by atoms with E-state index in [2.05, 4.69) is 49.1 Å². The van der Waals surface area contributed by atoms with Crippen LogP contribution in [0.25, 0.3) is 0 Å². The van der Waals surface area contributed by atoms with Gasteiger partial charge < -0.3 is 62.5 Å². The lowest BCUT2D eigenvalue weighted by Crippen LogP contribution is -2.58. The van der Waals surface area contributed by atoms with Gasteiger partial charge in [-0.15, -0.1) is 0 Å². The van der Waals surface area contributed by atoms with Crippen LogP contribution in [0.15, 0.2) is 97.1 Å². The molecule has 2 fully saturated rings. The van der Waals surface area contributed by atoms with E-state index in [9.17, 15) is 48.6 Å². The molecule has 5 rings (SSSR count). The summed E-state index contributed by atoms with van der Waals surface area (Å²) in [6.45, 7) is 11.3. The van der Waals surface area contributed by atoms with Crippen LogP contribution in [0.2, 0.25) is 0 Å². The van der Waals surface area contributed by atoms with E-state index in [0.717, 1.165) is 11.1 Å². The molecule has 0 radical (unpaired) electrons. The van der Waals surface area contributed by atoms with E-state index < -0.39 is 127 Å². The van der Waals surface area contributed by atoms with Gasteiger partial charge in [0.15, 0.2) is 0 Å². The molecule has 20 nitrogen and oxygen atoms in total. The maximum atomic E-state index is 14.3. The highest BCUT2D eigenvalue weighted by atomic mass is 16.3. The van der Waals surface area contributed by atoms with Crippen LogP contribution in [0.1, 0.15) is 91.4 Å². The van der Waals surface area contributed by atoms with Gasteiger partial charge in [-0.05, 0) is 88.5 Å². The van der Waals surface area contributed by atoms with Crippen LogP contribution in [0, 0.1) is 5.92 Å². The van der Waals surface area contributed by atoms with Crippen molar-refractivity contribution >= 4 is 47.3 Å². The Morgan fingerprint density at radius 3 is 1.40 bits per heavy atom. The largest absolute Gasteiger partial charge is 0.394 e. The van der Waals surface area contributed by atoms with Crippen molar-refractivity contribution in [1.29, 1.82) is 0 Å². The fraction of sp³-hybridized carbons (Fsp3) is 0.462. The smallest absolute Gasteiger partial charge is 0.251 e. The van der Waals surface area contributed by atoms with Crippen LogP contribution in [-0.4, -0.2) is 156 Å². The number of nitrogens with one attached hydrogen (secondary N) is 8. The fourth-order valence-corrected chi connectivity index (χ4v) is 8.83. The lowest BCUT2D eigenvalue weighted by Gasteiger charge is -2.31. The van der Waals surface area contributed by atoms with Crippen molar-refractivity contribution in [3.63, 3.8) is 0 Å². The molecule has 2 aliphatic rings. The van der Waals surface area contributed by atoms with E-state index in [1.165, 1.54) is 48.2 Å². The molecule has 3 aromatic rings. The average molecular weight is 995 g/mol. The van der Waals surface area contributed by atoms with Gasteiger partial charge in [0.1, 0.15) is 36.3 Å². The first kappa shape index (κ1) is 55.9. The second-order valence-electron chi connectivity index (χ2n) is 18.8. The number of aliphatic hydroxyl groups excluding tert-OH is 2. The summed E-state index contributed by atoms with van der Waals surface area (Å²) in [6, 6.07) is 15.6. The first-order chi connectivity index (χ1) is 34.3. The molecule has 10 N–H and O–H groups in total. The van der Waals surface area contributed by atoms with Crippen molar-refractivity contribution in [2.75, 3.05) is 40.4 Å². The molecule has 2 aliphatic heterocycles. The molecule has 0 spiro atoms. The van der Waals surface area contributed by atoms with E-state index in [0.29, 0.717) is 0 Å². The van der Waals surface area contributed by atoms with Crippen molar-refractivity contribution < 1.29 is 48.6 Å². The Balaban J connectivity index is 1.34. The Kier molecular flexibility index (Phi) is 20.1. The third kappa shape index (κ3) is 14.1. The van der Waals surface area contributed by atoms with Gasteiger partial charge in [-0.3, -0.25) is 38.4 Å². The number of carbonyl (C=O) groups excluding carboxylic acids is 8. The molecule has 0 aromatic heterocycles. The van der Waals surface area contributed by atoms with Crippen molar-refractivity contribution in [2.24, 2.45) is 5.92 Å². The van der Waals surface area contributed by atoms with Crippen LogP contribution in [0.4, 0.5) is 0 Å². The summed E-state index contributed by atoms with van der Waals surface area (Å²) in [5.41, 5.74) is 2.12. The number of likely N-dealkylation sites (tertiary alicyclic amines) is 2. The molecule has 8 amide bonds. The van der Waals surface area contributed by atoms with Crippen LogP contribution in [0.3, 0.4) is 0 Å². The third-order valence-electron chi connectivity index (χ3n) is 13.1. The highest BCUT2D eigenvalue weighted by molar-refractivity contribution is 6.01. The first-order valence-corrected chi connectivity index (χ1v) is 24.2. The molecule has 10 atom stereocenters. The molecule has 20 heteroatoms. The van der Waals surface area contributed by atoms with Gasteiger partial charge in [0.05, 0.1) is 25.3 Å².